The van der Waals surface area contributed by atoms with Crippen LogP contribution in [-0.2, 0) is 0 Å². The highest BCUT2D eigenvalue weighted by atomic mass is 32.2. The summed E-state index contributed by atoms with van der Waals surface area (Å²) < 4.78 is 55.1. The Morgan fingerprint density at radius 1 is 1.22 bits per heavy atom. The van der Waals surface area contributed by atoms with Gasteiger partial charge in [-0.2, -0.15) is 18.6 Å². The summed E-state index contributed by atoms with van der Waals surface area (Å²) in [5.41, 5.74) is 0.521. The van der Waals surface area contributed by atoms with Crippen molar-refractivity contribution in [3.05, 3.63) is 35.7 Å². The fourth-order valence-corrected chi connectivity index (χ4v) is 2.22. The van der Waals surface area contributed by atoms with Crippen molar-refractivity contribution in [1.82, 2.24) is 14.9 Å². The van der Waals surface area contributed by atoms with E-state index >= 15 is 0 Å². The third kappa shape index (κ3) is 4.68. The number of nitrogens with zero attached hydrogens (tertiary/aromatic N) is 4. The minimum absolute atomic E-state index is 0.00283. The number of rotatable bonds is 7. The lowest BCUT2D eigenvalue weighted by molar-refractivity contribution is -0.0498. The average molecular weight is 348 g/mol. The quantitative estimate of drug-likeness (QED) is 0.434. The van der Waals surface area contributed by atoms with E-state index in [1.807, 2.05) is 6.92 Å². The maximum Gasteiger partial charge on any atom is 0.387 e. The van der Waals surface area contributed by atoms with E-state index in [1.165, 1.54) is 42.2 Å². The third-order valence-electron chi connectivity index (χ3n) is 2.53. The molecule has 1 aromatic carbocycles. The van der Waals surface area contributed by atoms with Crippen LogP contribution in [0.3, 0.4) is 0 Å². The second kappa shape index (κ2) is 7.95. The highest BCUT2D eigenvalue weighted by Gasteiger charge is 2.19. The van der Waals surface area contributed by atoms with Gasteiger partial charge in [-0.1, -0.05) is 18.7 Å². The Kier molecular flexibility index (Phi) is 5.97. The second-order valence-electron chi connectivity index (χ2n) is 4.08. The van der Waals surface area contributed by atoms with Gasteiger partial charge in [-0.15, -0.1) is 10.2 Å². The van der Waals surface area contributed by atoms with Gasteiger partial charge < -0.3 is 4.74 Å². The number of thioether (sulfide) groups is 1. The zero-order valence-electron chi connectivity index (χ0n) is 11.9. The van der Waals surface area contributed by atoms with Gasteiger partial charge in [0.25, 0.3) is 6.43 Å². The van der Waals surface area contributed by atoms with Gasteiger partial charge >= 0.3 is 6.61 Å². The van der Waals surface area contributed by atoms with Crippen molar-refractivity contribution < 1.29 is 22.3 Å². The molecule has 10 heteroatoms. The molecular weight excluding hydrogens is 336 g/mol. The largest absolute Gasteiger partial charge is 0.435 e. The van der Waals surface area contributed by atoms with Gasteiger partial charge in [0.2, 0.25) is 11.0 Å². The molecule has 23 heavy (non-hydrogen) atoms. The lowest BCUT2D eigenvalue weighted by Crippen LogP contribution is -2.02. The van der Waals surface area contributed by atoms with Gasteiger partial charge in [-0.25, -0.2) is 8.78 Å². The molecule has 0 saturated carbocycles. The van der Waals surface area contributed by atoms with Crippen molar-refractivity contribution in [2.75, 3.05) is 5.75 Å². The minimum Gasteiger partial charge on any atom is -0.435 e. The topological polar surface area (TPSA) is 52.3 Å². The minimum atomic E-state index is -2.91. The smallest absolute Gasteiger partial charge is 0.387 e. The zero-order valence-corrected chi connectivity index (χ0v) is 12.7. The van der Waals surface area contributed by atoms with E-state index < -0.39 is 18.9 Å². The van der Waals surface area contributed by atoms with Crippen molar-refractivity contribution in [3.63, 3.8) is 0 Å². The van der Waals surface area contributed by atoms with Crippen LogP contribution in [0.5, 0.6) is 5.75 Å². The molecule has 5 nitrogen and oxygen atoms in total. The summed E-state index contributed by atoms with van der Waals surface area (Å²) in [6.07, 6.45) is -1.51. The van der Waals surface area contributed by atoms with Gasteiger partial charge in [-0.05, 0) is 35.6 Å². The van der Waals surface area contributed by atoms with Gasteiger partial charge in [-0.3, -0.25) is 0 Å². The summed E-state index contributed by atoms with van der Waals surface area (Å²) in [5.74, 6) is 0.0584. The summed E-state index contributed by atoms with van der Waals surface area (Å²) in [6, 6.07) is 5.60. The molecule has 1 heterocycles. The van der Waals surface area contributed by atoms with E-state index in [-0.39, 0.29) is 10.9 Å². The molecule has 0 bridgehead atoms. The van der Waals surface area contributed by atoms with Crippen LogP contribution in [0.1, 0.15) is 24.7 Å². The molecule has 124 valence electrons. The van der Waals surface area contributed by atoms with Crippen molar-refractivity contribution in [3.8, 4) is 5.75 Å². The van der Waals surface area contributed by atoms with Crippen molar-refractivity contribution in [2.24, 2.45) is 5.10 Å². The van der Waals surface area contributed by atoms with E-state index in [9.17, 15) is 17.6 Å². The molecule has 2 rings (SSSR count). The summed E-state index contributed by atoms with van der Waals surface area (Å²) >= 11 is 1.22. The Balaban J connectivity index is 2.20. The summed E-state index contributed by atoms with van der Waals surface area (Å²) in [5, 5.41) is 11.3. The van der Waals surface area contributed by atoms with Crippen LogP contribution >= 0.6 is 11.8 Å². The number of aromatic nitrogens is 3. The van der Waals surface area contributed by atoms with Crippen LogP contribution in [0.25, 0.3) is 0 Å². The molecular formula is C13H12F4N4OS. The molecule has 2 aromatic rings. The fraction of sp³-hybridized carbons (Fsp3) is 0.308. The molecule has 0 fully saturated rings. The Hall–Kier alpha value is -2.10. The SMILES string of the molecule is CCSc1nnc(C(F)F)n1/N=C/c1ccc(OC(F)F)cc1. The fourth-order valence-electron chi connectivity index (χ4n) is 1.60. The van der Waals surface area contributed by atoms with E-state index in [0.717, 1.165) is 4.68 Å². The Bertz CT molecular complexity index is 660. The number of hydrogen-bond donors (Lipinski definition) is 0. The lowest BCUT2D eigenvalue weighted by atomic mass is 10.2. The molecule has 0 aliphatic heterocycles. The zero-order chi connectivity index (χ0) is 16.8. The van der Waals surface area contributed by atoms with E-state index in [0.29, 0.717) is 11.3 Å². The van der Waals surface area contributed by atoms with E-state index in [4.69, 9.17) is 0 Å². The number of alkyl halides is 4. The third-order valence-corrected chi connectivity index (χ3v) is 3.33. The molecule has 1 aromatic heterocycles. The van der Waals surface area contributed by atoms with Crippen molar-refractivity contribution >= 4 is 18.0 Å². The van der Waals surface area contributed by atoms with Crippen molar-refractivity contribution in [1.29, 1.82) is 0 Å². The predicted octanol–water partition coefficient (Wildman–Crippen LogP) is 3.81. The molecule has 0 atom stereocenters. The summed E-state index contributed by atoms with van der Waals surface area (Å²) in [4.78, 5) is 0. The highest BCUT2D eigenvalue weighted by Crippen LogP contribution is 2.23. The van der Waals surface area contributed by atoms with Gasteiger partial charge in [0.05, 0.1) is 6.21 Å². The van der Waals surface area contributed by atoms with Crippen LogP contribution in [-0.4, -0.2) is 33.5 Å². The first kappa shape index (κ1) is 17.3. The molecule has 0 N–H and O–H groups in total. The molecule has 0 saturated heterocycles. The number of benzene rings is 1. The molecule has 0 radical (unpaired) electrons. The monoisotopic (exact) mass is 348 g/mol. The summed E-state index contributed by atoms with van der Waals surface area (Å²) in [7, 11) is 0. The Morgan fingerprint density at radius 2 is 1.91 bits per heavy atom. The second-order valence-corrected chi connectivity index (χ2v) is 5.31. The van der Waals surface area contributed by atoms with Crippen LogP contribution in [0.4, 0.5) is 17.6 Å². The Labute approximate surface area is 133 Å². The predicted molar refractivity (Wildman–Crippen MR) is 77.4 cm³/mol. The first-order valence-corrected chi connectivity index (χ1v) is 7.45. The maximum atomic E-state index is 12.9. The first-order chi connectivity index (χ1) is 11.0. The number of hydrogen-bond acceptors (Lipinski definition) is 5. The van der Waals surface area contributed by atoms with Crippen LogP contribution in [0.2, 0.25) is 0 Å². The van der Waals surface area contributed by atoms with E-state index in [1.54, 1.807) is 0 Å². The highest BCUT2D eigenvalue weighted by molar-refractivity contribution is 7.99. The molecule has 0 spiro atoms. The maximum absolute atomic E-state index is 12.9. The summed E-state index contributed by atoms with van der Waals surface area (Å²) in [6.45, 7) is -1.06. The van der Waals surface area contributed by atoms with Gasteiger partial charge in [0, 0.05) is 0 Å². The number of halogens is 4. The average Bonchev–Trinajstić information content (AvgIpc) is 2.89. The van der Waals surface area contributed by atoms with Gasteiger partial charge in [0.15, 0.2) is 0 Å². The molecule has 0 amide bonds. The first-order valence-electron chi connectivity index (χ1n) is 6.46. The lowest BCUT2D eigenvalue weighted by Gasteiger charge is -2.04. The van der Waals surface area contributed by atoms with Crippen LogP contribution < -0.4 is 4.74 Å². The molecule has 0 aliphatic rings. The molecule has 0 unspecified atom stereocenters. The van der Waals surface area contributed by atoms with Crippen LogP contribution in [0.15, 0.2) is 34.5 Å². The van der Waals surface area contributed by atoms with Gasteiger partial charge in [0.1, 0.15) is 5.75 Å². The normalized spacial score (nSPS) is 11.8. The van der Waals surface area contributed by atoms with Crippen LogP contribution in [0, 0.1) is 0 Å². The standard InChI is InChI=1S/C13H12F4N4OS/c1-2-23-13-20-19-11(10(14)15)21(13)18-7-8-3-5-9(6-4-8)22-12(16)17/h3-7,10,12H,2H2,1H3/b18-7+. The Morgan fingerprint density at radius 3 is 2.48 bits per heavy atom. The van der Waals surface area contributed by atoms with Crippen molar-refractivity contribution in [2.45, 2.75) is 25.1 Å². The van der Waals surface area contributed by atoms with E-state index in [2.05, 4.69) is 20.0 Å². The number of ether oxygens (including phenoxy) is 1. The molecule has 0 aliphatic carbocycles.